The summed E-state index contributed by atoms with van der Waals surface area (Å²) in [5, 5.41) is 5.58. The zero-order valence-corrected chi connectivity index (χ0v) is 17.3. The standard InChI is InChI=1S/C20H17N3OS3/c1-12-7-3-6-10-16(12)23-20(25)27-19(22-23)26-11-17(24)18-13(2)21-15-9-5-4-8-14(15)18/h3-10,21H,11H2,1-2H3. The number of carbonyl (C=O) groups is 1. The van der Waals surface area contributed by atoms with Crippen LogP contribution in [0.2, 0.25) is 0 Å². The molecule has 0 atom stereocenters. The maximum absolute atomic E-state index is 12.8. The Morgan fingerprint density at radius 1 is 1.19 bits per heavy atom. The van der Waals surface area contributed by atoms with Crippen LogP contribution in [-0.4, -0.2) is 26.3 Å². The molecule has 4 rings (SSSR count). The molecule has 2 heterocycles. The molecule has 0 saturated heterocycles. The third-order valence-corrected chi connectivity index (χ3v) is 6.74. The maximum Gasteiger partial charge on any atom is 0.184 e. The van der Waals surface area contributed by atoms with E-state index in [1.54, 1.807) is 4.68 Å². The summed E-state index contributed by atoms with van der Waals surface area (Å²) in [4.78, 5) is 16.1. The fourth-order valence-corrected chi connectivity index (χ4v) is 5.33. The Bertz CT molecular complexity index is 1200. The van der Waals surface area contributed by atoms with Gasteiger partial charge in [-0.3, -0.25) is 4.79 Å². The molecule has 4 aromatic rings. The fraction of sp³-hybridized carbons (Fsp3) is 0.150. The highest BCUT2D eigenvalue weighted by molar-refractivity contribution is 8.01. The van der Waals surface area contributed by atoms with Crippen LogP contribution in [-0.2, 0) is 0 Å². The van der Waals surface area contributed by atoms with Crippen molar-refractivity contribution in [3.8, 4) is 5.69 Å². The van der Waals surface area contributed by atoms with Gasteiger partial charge in [-0.1, -0.05) is 59.5 Å². The van der Waals surface area contributed by atoms with Crippen LogP contribution in [0, 0.1) is 17.8 Å². The molecule has 0 unspecified atom stereocenters. The fourth-order valence-electron chi connectivity index (χ4n) is 3.11. The van der Waals surface area contributed by atoms with E-state index in [1.807, 2.05) is 62.4 Å². The van der Waals surface area contributed by atoms with Crippen LogP contribution in [0.5, 0.6) is 0 Å². The van der Waals surface area contributed by atoms with E-state index >= 15 is 0 Å². The van der Waals surface area contributed by atoms with E-state index < -0.39 is 0 Å². The number of H-pyrrole nitrogens is 1. The minimum absolute atomic E-state index is 0.0958. The van der Waals surface area contributed by atoms with Gasteiger partial charge in [0.15, 0.2) is 14.1 Å². The molecule has 2 aromatic carbocycles. The Labute approximate surface area is 170 Å². The Morgan fingerprint density at radius 2 is 1.93 bits per heavy atom. The first-order valence-corrected chi connectivity index (χ1v) is 10.6. The van der Waals surface area contributed by atoms with Crippen molar-refractivity contribution in [3.05, 3.63) is 69.3 Å². The lowest BCUT2D eigenvalue weighted by atomic mass is 10.1. The van der Waals surface area contributed by atoms with Crippen LogP contribution in [0.1, 0.15) is 21.6 Å². The van der Waals surface area contributed by atoms with E-state index in [4.69, 9.17) is 12.2 Å². The second kappa shape index (κ2) is 7.42. The molecular weight excluding hydrogens is 394 g/mol. The molecule has 1 N–H and O–H groups in total. The Hall–Kier alpha value is -2.22. The predicted molar refractivity (Wildman–Crippen MR) is 115 cm³/mol. The number of aromatic amines is 1. The van der Waals surface area contributed by atoms with E-state index in [1.165, 1.54) is 23.1 Å². The third kappa shape index (κ3) is 3.50. The van der Waals surface area contributed by atoms with Gasteiger partial charge in [0, 0.05) is 22.2 Å². The lowest BCUT2D eigenvalue weighted by Crippen LogP contribution is -2.04. The van der Waals surface area contributed by atoms with E-state index in [2.05, 4.69) is 10.1 Å². The zero-order valence-electron chi connectivity index (χ0n) is 14.9. The molecule has 0 amide bonds. The average molecular weight is 412 g/mol. The average Bonchev–Trinajstić information content (AvgIpc) is 3.19. The molecule has 0 saturated carbocycles. The molecule has 0 radical (unpaired) electrons. The smallest absolute Gasteiger partial charge is 0.184 e. The molecule has 0 bridgehead atoms. The highest BCUT2D eigenvalue weighted by atomic mass is 32.2. The van der Waals surface area contributed by atoms with Crippen molar-refractivity contribution >= 4 is 52.0 Å². The van der Waals surface area contributed by atoms with Gasteiger partial charge in [-0.05, 0) is 43.8 Å². The second-order valence-corrected chi connectivity index (χ2v) is 9.06. The van der Waals surface area contributed by atoms with E-state index in [9.17, 15) is 4.79 Å². The van der Waals surface area contributed by atoms with Crippen LogP contribution < -0.4 is 0 Å². The number of nitrogens with one attached hydrogen (secondary N) is 1. The number of benzene rings is 2. The molecule has 0 spiro atoms. The van der Waals surface area contributed by atoms with Crippen molar-refractivity contribution in [1.82, 2.24) is 14.8 Å². The van der Waals surface area contributed by atoms with Crippen molar-refractivity contribution in [1.29, 1.82) is 0 Å². The van der Waals surface area contributed by atoms with Gasteiger partial charge in [0.1, 0.15) is 0 Å². The largest absolute Gasteiger partial charge is 0.358 e. The molecule has 27 heavy (non-hydrogen) atoms. The summed E-state index contributed by atoms with van der Waals surface area (Å²) in [5.74, 6) is 0.428. The summed E-state index contributed by atoms with van der Waals surface area (Å²) in [6.45, 7) is 3.97. The van der Waals surface area contributed by atoms with Crippen molar-refractivity contribution in [2.75, 3.05) is 5.75 Å². The summed E-state index contributed by atoms with van der Waals surface area (Å²) in [5.41, 5.74) is 4.74. The van der Waals surface area contributed by atoms with Crippen molar-refractivity contribution < 1.29 is 4.79 Å². The summed E-state index contributed by atoms with van der Waals surface area (Å²) in [7, 11) is 0. The number of hydrogen-bond donors (Lipinski definition) is 1. The normalized spacial score (nSPS) is 11.2. The van der Waals surface area contributed by atoms with Gasteiger partial charge in [-0.15, -0.1) is 5.10 Å². The van der Waals surface area contributed by atoms with Crippen LogP contribution in [0.3, 0.4) is 0 Å². The lowest BCUT2D eigenvalue weighted by molar-refractivity contribution is 0.102. The molecule has 0 aliphatic heterocycles. The summed E-state index contributed by atoms with van der Waals surface area (Å²) >= 11 is 8.34. The van der Waals surface area contributed by atoms with Gasteiger partial charge in [0.2, 0.25) is 0 Å². The molecule has 4 nitrogen and oxygen atoms in total. The predicted octanol–water partition coefficient (Wildman–Crippen LogP) is 5.74. The highest BCUT2D eigenvalue weighted by Gasteiger charge is 2.17. The first kappa shape index (κ1) is 18.2. The number of ketones is 1. The monoisotopic (exact) mass is 411 g/mol. The number of carbonyl (C=O) groups excluding carboxylic acids is 1. The van der Waals surface area contributed by atoms with E-state index in [0.29, 0.717) is 9.71 Å². The van der Waals surface area contributed by atoms with Gasteiger partial charge in [-0.2, -0.15) is 0 Å². The van der Waals surface area contributed by atoms with Crippen LogP contribution in [0.25, 0.3) is 16.6 Å². The van der Waals surface area contributed by atoms with E-state index in [0.717, 1.165) is 37.8 Å². The lowest BCUT2D eigenvalue weighted by Gasteiger charge is -2.04. The SMILES string of the molecule is Cc1ccccc1-n1nc(SCC(=O)c2c(C)[nH]c3ccccc23)sc1=S. The zero-order chi connectivity index (χ0) is 19.0. The summed E-state index contributed by atoms with van der Waals surface area (Å²) in [6, 6.07) is 15.9. The number of nitrogens with zero attached hydrogens (tertiary/aromatic N) is 2. The molecular formula is C20H17N3OS3. The third-order valence-electron chi connectivity index (χ3n) is 4.37. The molecule has 0 aliphatic rings. The van der Waals surface area contributed by atoms with Gasteiger partial charge < -0.3 is 4.98 Å². The van der Waals surface area contributed by atoms with Gasteiger partial charge in [0.25, 0.3) is 0 Å². The van der Waals surface area contributed by atoms with Gasteiger partial charge in [0.05, 0.1) is 11.4 Å². The van der Waals surface area contributed by atoms with Crippen LogP contribution >= 0.6 is 35.3 Å². The molecule has 7 heteroatoms. The number of fused-ring (bicyclic) bond motifs is 1. The second-order valence-electron chi connectivity index (χ2n) is 6.21. The topological polar surface area (TPSA) is 50.7 Å². The number of hydrogen-bond acceptors (Lipinski definition) is 5. The highest BCUT2D eigenvalue weighted by Crippen LogP contribution is 2.28. The van der Waals surface area contributed by atoms with Crippen molar-refractivity contribution in [2.45, 2.75) is 18.2 Å². The Morgan fingerprint density at radius 3 is 2.74 bits per heavy atom. The van der Waals surface area contributed by atoms with Crippen molar-refractivity contribution in [3.63, 3.8) is 0 Å². The Kier molecular flexibility index (Phi) is 4.99. The van der Waals surface area contributed by atoms with E-state index in [-0.39, 0.29) is 5.78 Å². The minimum Gasteiger partial charge on any atom is -0.358 e. The molecule has 0 fully saturated rings. The maximum atomic E-state index is 12.8. The molecule has 0 aliphatic carbocycles. The first-order valence-electron chi connectivity index (χ1n) is 8.44. The number of thioether (sulfide) groups is 1. The van der Waals surface area contributed by atoms with Crippen LogP contribution in [0.4, 0.5) is 0 Å². The van der Waals surface area contributed by atoms with Crippen molar-refractivity contribution in [2.24, 2.45) is 0 Å². The number of Topliss-reactive ketones (excluding diaryl/α,β-unsaturated/α-hetero) is 1. The summed E-state index contributed by atoms with van der Waals surface area (Å²) in [6.07, 6.45) is 0. The van der Waals surface area contributed by atoms with Gasteiger partial charge in [-0.25, -0.2) is 4.68 Å². The Balaban J connectivity index is 1.57. The first-order chi connectivity index (χ1) is 13.0. The quantitative estimate of drug-likeness (QED) is 0.259. The number of aromatic nitrogens is 3. The molecule has 136 valence electrons. The summed E-state index contributed by atoms with van der Waals surface area (Å²) < 4.78 is 3.26. The number of para-hydroxylation sites is 2. The molecule has 2 aromatic heterocycles. The van der Waals surface area contributed by atoms with Crippen LogP contribution in [0.15, 0.2) is 52.9 Å². The minimum atomic E-state index is 0.0958. The number of rotatable bonds is 5. The number of aryl methyl sites for hydroxylation is 2. The van der Waals surface area contributed by atoms with Gasteiger partial charge >= 0.3 is 0 Å².